The molecular formula is C25H40. The van der Waals surface area contributed by atoms with E-state index in [0.717, 1.165) is 23.7 Å². The molecule has 1 aromatic carbocycles. The molecule has 0 radical (unpaired) electrons. The SMILES string of the molecule is CC(Cc1c(CC(C)C(C)(C)C2CC2)cccc1C(C)C)CC1CC1. The van der Waals surface area contributed by atoms with Crippen molar-refractivity contribution < 1.29 is 0 Å². The van der Waals surface area contributed by atoms with Gasteiger partial charge in [0.25, 0.3) is 0 Å². The van der Waals surface area contributed by atoms with Crippen LogP contribution in [0.2, 0.25) is 0 Å². The number of benzene rings is 1. The zero-order valence-electron chi connectivity index (χ0n) is 17.6. The molecule has 0 spiro atoms. The van der Waals surface area contributed by atoms with Gasteiger partial charge in [-0.05, 0) is 83.8 Å². The molecule has 0 heterocycles. The molecule has 0 bridgehead atoms. The molecule has 2 aliphatic rings. The van der Waals surface area contributed by atoms with Crippen LogP contribution in [0, 0.1) is 29.1 Å². The van der Waals surface area contributed by atoms with Crippen LogP contribution < -0.4 is 0 Å². The van der Waals surface area contributed by atoms with E-state index in [4.69, 9.17) is 0 Å². The van der Waals surface area contributed by atoms with Gasteiger partial charge in [-0.25, -0.2) is 0 Å². The van der Waals surface area contributed by atoms with E-state index in [2.05, 4.69) is 59.7 Å². The Morgan fingerprint density at radius 2 is 1.64 bits per heavy atom. The quantitative estimate of drug-likeness (QED) is 0.439. The molecule has 0 aliphatic heterocycles. The molecule has 2 aliphatic carbocycles. The largest absolute Gasteiger partial charge is 0.0622 e. The standard InChI is InChI=1S/C25H40/c1-17(2)23-9-7-8-21(16-19(4)25(5,6)22-12-13-22)24(23)15-18(3)14-20-10-11-20/h7-9,17-20,22H,10-16H2,1-6H3. The van der Waals surface area contributed by atoms with Crippen molar-refractivity contribution in [1.29, 1.82) is 0 Å². The van der Waals surface area contributed by atoms with Crippen molar-refractivity contribution in [2.45, 2.75) is 92.4 Å². The highest BCUT2D eigenvalue weighted by atomic mass is 14.5. The molecule has 0 heteroatoms. The maximum absolute atomic E-state index is 2.51. The van der Waals surface area contributed by atoms with Crippen molar-refractivity contribution in [2.24, 2.45) is 29.1 Å². The van der Waals surface area contributed by atoms with Crippen molar-refractivity contribution in [3.8, 4) is 0 Å². The third-order valence-corrected chi connectivity index (χ3v) is 7.34. The summed E-state index contributed by atoms with van der Waals surface area (Å²) in [7, 11) is 0. The molecule has 2 unspecified atom stereocenters. The normalized spacial score (nSPS) is 20.8. The van der Waals surface area contributed by atoms with Crippen molar-refractivity contribution in [2.75, 3.05) is 0 Å². The van der Waals surface area contributed by atoms with Gasteiger partial charge in [-0.2, -0.15) is 0 Å². The first-order chi connectivity index (χ1) is 11.8. The van der Waals surface area contributed by atoms with Crippen LogP contribution in [0.3, 0.4) is 0 Å². The second-order valence-corrected chi connectivity index (χ2v) is 10.3. The number of hydrogen-bond acceptors (Lipinski definition) is 0. The summed E-state index contributed by atoms with van der Waals surface area (Å²) in [6.07, 6.45) is 9.86. The van der Waals surface area contributed by atoms with E-state index in [1.165, 1.54) is 44.9 Å². The average Bonchev–Trinajstić information content (AvgIpc) is 3.41. The Hall–Kier alpha value is -0.780. The Kier molecular flexibility index (Phi) is 5.66. The van der Waals surface area contributed by atoms with Crippen molar-refractivity contribution in [3.63, 3.8) is 0 Å². The monoisotopic (exact) mass is 340 g/mol. The molecule has 0 N–H and O–H groups in total. The molecule has 3 rings (SSSR count). The van der Waals surface area contributed by atoms with Gasteiger partial charge in [-0.1, -0.05) is 72.6 Å². The number of rotatable bonds is 9. The van der Waals surface area contributed by atoms with E-state index in [1.807, 2.05) is 0 Å². The summed E-state index contributed by atoms with van der Waals surface area (Å²) in [5, 5.41) is 0. The van der Waals surface area contributed by atoms with Gasteiger partial charge in [0.15, 0.2) is 0 Å². The minimum Gasteiger partial charge on any atom is -0.0622 e. The smallest absolute Gasteiger partial charge is 0.0216 e. The average molecular weight is 341 g/mol. The Balaban J connectivity index is 1.80. The molecule has 25 heavy (non-hydrogen) atoms. The Bertz CT molecular complexity index is 572. The van der Waals surface area contributed by atoms with Crippen LogP contribution >= 0.6 is 0 Å². The van der Waals surface area contributed by atoms with Crippen molar-refractivity contribution >= 4 is 0 Å². The highest BCUT2D eigenvalue weighted by Gasteiger charge is 2.41. The fraction of sp³-hybridized carbons (Fsp3) is 0.760. The van der Waals surface area contributed by atoms with Crippen LogP contribution in [0.4, 0.5) is 0 Å². The molecular weight excluding hydrogens is 300 g/mol. The van der Waals surface area contributed by atoms with E-state index >= 15 is 0 Å². The fourth-order valence-corrected chi connectivity index (χ4v) is 4.81. The molecule has 2 atom stereocenters. The lowest BCUT2D eigenvalue weighted by molar-refractivity contribution is 0.190. The van der Waals surface area contributed by atoms with Crippen LogP contribution in [0.25, 0.3) is 0 Å². The van der Waals surface area contributed by atoms with E-state index in [-0.39, 0.29) is 0 Å². The van der Waals surface area contributed by atoms with Crippen LogP contribution in [0.15, 0.2) is 18.2 Å². The van der Waals surface area contributed by atoms with Gasteiger partial charge < -0.3 is 0 Å². The summed E-state index contributed by atoms with van der Waals surface area (Å²) < 4.78 is 0. The molecule has 0 nitrogen and oxygen atoms in total. The van der Waals surface area contributed by atoms with E-state index in [0.29, 0.717) is 11.3 Å². The second-order valence-electron chi connectivity index (χ2n) is 10.3. The lowest BCUT2D eigenvalue weighted by Gasteiger charge is -2.33. The summed E-state index contributed by atoms with van der Waals surface area (Å²) in [6, 6.07) is 7.14. The highest BCUT2D eigenvalue weighted by Crippen LogP contribution is 2.50. The summed E-state index contributed by atoms with van der Waals surface area (Å²) in [5.74, 6) is 4.23. The first-order valence-corrected chi connectivity index (χ1v) is 10.9. The molecule has 0 saturated heterocycles. The first-order valence-electron chi connectivity index (χ1n) is 10.9. The lowest BCUT2D eigenvalue weighted by atomic mass is 9.72. The Labute approximate surface area is 156 Å². The molecule has 140 valence electrons. The van der Waals surface area contributed by atoms with Gasteiger partial charge >= 0.3 is 0 Å². The van der Waals surface area contributed by atoms with Gasteiger partial charge in [-0.15, -0.1) is 0 Å². The molecule has 0 amide bonds. The maximum atomic E-state index is 2.51. The minimum atomic E-state index is 0.491. The second kappa shape index (κ2) is 7.45. The van der Waals surface area contributed by atoms with Crippen molar-refractivity contribution in [3.05, 3.63) is 34.9 Å². The Morgan fingerprint density at radius 1 is 0.960 bits per heavy atom. The van der Waals surface area contributed by atoms with Crippen LogP contribution in [0.1, 0.15) is 96.3 Å². The summed E-state index contributed by atoms with van der Waals surface area (Å²) in [6.45, 7) is 14.7. The summed E-state index contributed by atoms with van der Waals surface area (Å²) >= 11 is 0. The van der Waals surface area contributed by atoms with Gasteiger partial charge in [0.2, 0.25) is 0 Å². The van der Waals surface area contributed by atoms with Gasteiger partial charge in [-0.3, -0.25) is 0 Å². The lowest BCUT2D eigenvalue weighted by Crippen LogP contribution is -2.26. The predicted octanol–water partition coefficient (Wildman–Crippen LogP) is 7.40. The molecule has 0 aromatic heterocycles. The first kappa shape index (κ1) is 19.0. The van der Waals surface area contributed by atoms with Crippen LogP contribution in [-0.4, -0.2) is 0 Å². The summed E-state index contributed by atoms with van der Waals surface area (Å²) in [4.78, 5) is 0. The molecule has 2 saturated carbocycles. The van der Waals surface area contributed by atoms with Crippen LogP contribution in [-0.2, 0) is 12.8 Å². The van der Waals surface area contributed by atoms with E-state index < -0.39 is 0 Å². The van der Waals surface area contributed by atoms with Gasteiger partial charge in [0.1, 0.15) is 0 Å². The van der Waals surface area contributed by atoms with Gasteiger partial charge in [0.05, 0.1) is 0 Å². The zero-order valence-corrected chi connectivity index (χ0v) is 17.6. The summed E-state index contributed by atoms with van der Waals surface area (Å²) in [5.41, 5.74) is 5.45. The number of hydrogen-bond donors (Lipinski definition) is 0. The van der Waals surface area contributed by atoms with Gasteiger partial charge in [0, 0.05) is 0 Å². The minimum absolute atomic E-state index is 0.491. The third kappa shape index (κ3) is 4.69. The molecule has 1 aromatic rings. The van der Waals surface area contributed by atoms with Crippen molar-refractivity contribution in [1.82, 2.24) is 0 Å². The van der Waals surface area contributed by atoms with E-state index in [9.17, 15) is 0 Å². The fourth-order valence-electron chi connectivity index (χ4n) is 4.81. The maximum Gasteiger partial charge on any atom is -0.0216 e. The zero-order chi connectivity index (χ0) is 18.2. The Morgan fingerprint density at radius 3 is 2.20 bits per heavy atom. The predicted molar refractivity (Wildman–Crippen MR) is 110 cm³/mol. The van der Waals surface area contributed by atoms with E-state index in [1.54, 1.807) is 16.7 Å². The third-order valence-electron chi connectivity index (χ3n) is 7.34. The molecule has 2 fully saturated rings. The highest BCUT2D eigenvalue weighted by molar-refractivity contribution is 5.38. The van der Waals surface area contributed by atoms with Crippen LogP contribution in [0.5, 0.6) is 0 Å². The topological polar surface area (TPSA) is 0 Å².